The summed E-state index contributed by atoms with van der Waals surface area (Å²) >= 11 is 0. The number of benzene rings is 2. The Morgan fingerprint density at radius 3 is 2.63 bits per heavy atom. The lowest BCUT2D eigenvalue weighted by atomic mass is 10.1. The Kier molecular flexibility index (Phi) is 6.69. The number of aryl methyl sites for hydroxylation is 2. The van der Waals surface area contributed by atoms with Crippen LogP contribution in [0.5, 0.6) is 17.2 Å². The molecule has 0 aliphatic carbocycles. The molecule has 156 valence electrons. The van der Waals surface area contributed by atoms with Crippen LogP contribution in [-0.4, -0.2) is 43.1 Å². The lowest BCUT2D eigenvalue weighted by Crippen LogP contribution is -2.24. The van der Waals surface area contributed by atoms with Crippen LogP contribution >= 0.6 is 0 Å². The Hall–Kier alpha value is -3.81. The molecule has 30 heavy (non-hydrogen) atoms. The minimum atomic E-state index is -0.361. The first-order valence-electron chi connectivity index (χ1n) is 9.29. The lowest BCUT2D eigenvalue weighted by molar-refractivity contribution is -0.123. The molecule has 2 aromatic carbocycles. The van der Waals surface area contributed by atoms with Crippen LogP contribution in [0.3, 0.4) is 0 Å². The highest BCUT2D eigenvalue weighted by molar-refractivity contribution is 5.89. The molecule has 1 heterocycles. The summed E-state index contributed by atoms with van der Waals surface area (Å²) in [5.74, 6) is 1.51. The molecule has 0 saturated heterocycles. The van der Waals surface area contributed by atoms with E-state index in [4.69, 9.17) is 14.2 Å². The fraction of sp³-hybridized carbons (Fsp3) is 0.227. The summed E-state index contributed by atoms with van der Waals surface area (Å²) in [6.45, 7) is 3.88. The third-order valence-electron chi connectivity index (χ3n) is 4.58. The van der Waals surface area contributed by atoms with Gasteiger partial charge < -0.3 is 14.2 Å². The second-order valence-electron chi connectivity index (χ2n) is 6.60. The topological polar surface area (TPSA) is 97.8 Å². The maximum absolute atomic E-state index is 12.0. The van der Waals surface area contributed by atoms with E-state index in [2.05, 4.69) is 20.7 Å². The van der Waals surface area contributed by atoms with Crippen LogP contribution < -0.4 is 19.6 Å². The van der Waals surface area contributed by atoms with Crippen molar-refractivity contribution in [2.24, 2.45) is 5.10 Å². The van der Waals surface area contributed by atoms with Crippen LogP contribution in [0.15, 0.2) is 47.7 Å². The number of amides is 1. The molecule has 1 amide bonds. The SMILES string of the molecule is COc1ccc(-c2[nH]ncc2C=NNC(=O)COc2ccc(C)c(C)c2)cc1OC. The smallest absolute Gasteiger partial charge is 0.277 e. The Labute approximate surface area is 174 Å². The molecule has 2 N–H and O–H groups in total. The van der Waals surface area contributed by atoms with Gasteiger partial charge in [-0.2, -0.15) is 10.2 Å². The normalized spacial score (nSPS) is 10.8. The van der Waals surface area contributed by atoms with Gasteiger partial charge in [0.1, 0.15) is 5.75 Å². The van der Waals surface area contributed by atoms with E-state index in [9.17, 15) is 4.79 Å². The fourth-order valence-electron chi connectivity index (χ4n) is 2.77. The van der Waals surface area contributed by atoms with Crippen molar-refractivity contribution in [2.75, 3.05) is 20.8 Å². The van der Waals surface area contributed by atoms with Gasteiger partial charge in [0.05, 0.1) is 32.3 Å². The average Bonchev–Trinajstić information content (AvgIpc) is 3.22. The van der Waals surface area contributed by atoms with Gasteiger partial charge in [0.15, 0.2) is 18.1 Å². The number of aromatic amines is 1. The second-order valence-corrected chi connectivity index (χ2v) is 6.60. The van der Waals surface area contributed by atoms with E-state index in [0.717, 1.165) is 16.8 Å². The highest BCUT2D eigenvalue weighted by atomic mass is 16.5. The van der Waals surface area contributed by atoms with E-state index >= 15 is 0 Å². The van der Waals surface area contributed by atoms with Crippen LogP contribution in [-0.2, 0) is 4.79 Å². The standard InChI is InChI=1S/C22H24N4O4/c1-14-5-7-18(9-15(14)2)30-13-21(27)25-23-11-17-12-24-26-22(17)16-6-8-19(28-3)20(10-16)29-4/h5-12H,13H2,1-4H3,(H,24,26)(H,25,27). The molecule has 0 aliphatic heterocycles. The average molecular weight is 408 g/mol. The van der Waals surface area contributed by atoms with Gasteiger partial charge >= 0.3 is 0 Å². The molecule has 0 spiro atoms. The minimum absolute atomic E-state index is 0.131. The number of hydrazone groups is 1. The van der Waals surface area contributed by atoms with Gasteiger partial charge in [-0.05, 0) is 55.3 Å². The number of nitrogens with one attached hydrogen (secondary N) is 2. The van der Waals surface area contributed by atoms with Crippen molar-refractivity contribution in [3.05, 3.63) is 59.3 Å². The van der Waals surface area contributed by atoms with Crippen molar-refractivity contribution in [3.8, 4) is 28.5 Å². The zero-order chi connectivity index (χ0) is 21.5. The maximum Gasteiger partial charge on any atom is 0.277 e. The highest BCUT2D eigenvalue weighted by Crippen LogP contribution is 2.32. The van der Waals surface area contributed by atoms with Crippen molar-refractivity contribution < 1.29 is 19.0 Å². The highest BCUT2D eigenvalue weighted by Gasteiger charge is 2.11. The number of aromatic nitrogens is 2. The molecule has 0 bridgehead atoms. The Bertz CT molecular complexity index is 1060. The summed E-state index contributed by atoms with van der Waals surface area (Å²) in [4.78, 5) is 12.0. The molecule has 0 unspecified atom stereocenters. The molecule has 3 rings (SSSR count). The predicted octanol–water partition coefficient (Wildman–Crippen LogP) is 3.24. The van der Waals surface area contributed by atoms with E-state index < -0.39 is 0 Å². The number of ether oxygens (including phenoxy) is 3. The molecule has 0 atom stereocenters. The second kappa shape index (κ2) is 9.60. The van der Waals surface area contributed by atoms with Crippen molar-refractivity contribution in [2.45, 2.75) is 13.8 Å². The fourth-order valence-corrected chi connectivity index (χ4v) is 2.77. The third-order valence-corrected chi connectivity index (χ3v) is 4.58. The molecule has 8 heteroatoms. The number of H-pyrrole nitrogens is 1. The Morgan fingerprint density at radius 1 is 1.10 bits per heavy atom. The first-order chi connectivity index (χ1) is 14.5. The van der Waals surface area contributed by atoms with Crippen molar-refractivity contribution in [1.29, 1.82) is 0 Å². The van der Waals surface area contributed by atoms with Crippen LogP contribution in [0, 0.1) is 13.8 Å². The van der Waals surface area contributed by atoms with Gasteiger partial charge in [-0.15, -0.1) is 0 Å². The number of nitrogens with zero attached hydrogens (tertiary/aromatic N) is 2. The molecule has 8 nitrogen and oxygen atoms in total. The largest absolute Gasteiger partial charge is 0.493 e. The van der Waals surface area contributed by atoms with Gasteiger partial charge in [0, 0.05) is 11.1 Å². The van der Waals surface area contributed by atoms with Gasteiger partial charge in [-0.25, -0.2) is 5.43 Å². The van der Waals surface area contributed by atoms with Crippen LogP contribution in [0.4, 0.5) is 0 Å². The van der Waals surface area contributed by atoms with E-state index in [1.165, 1.54) is 11.8 Å². The first-order valence-corrected chi connectivity index (χ1v) is 9.29. The van der Waals surface area contributed by atoms with E-state index in [0.29, 0.717) is 22.8 Å². The molecular formula is C22H24N4O4. The molecular weight excluding hydrogens is 384 g/mol. The summed E-state index contributed by atoms with van der Waals surface area (Å²) in [6.07, 6.45) is 3.14. The predicted molar refractivity (Wildman–Crippen MR) is 114 cm³/mol. The molecule has 0 aliphatic rings. The third kappa shape index (κ3) is 4.96. The summed E-state index contributed by atoms with van der Waals surface area (Å²) in [5, 5.41) is 11.0. The maximum atomic E-state index is 12.0. The zero-order valence-electron chi connectivity index (χ0n) is 17.4. The lowest BCUT2D eigenvalue weighted by Gasteiger charge is -2.09. The van der Waals surface area contributed by atoms with E-state index in [1.54, 1.807) is 20.4 Å². The molecule has 3 aromatic rings. The van der Waals surface area contributed by atoms with Gasteiger partial charge in [0.25, 0.3) is 5.91 Å². The quantitative estimate of drug-likeness (QED) is 0.440. The molecule has 0 radical (unpaired) electrons. The summed E-state index contributed by atoms with van der Waals surface area (Å²) in [6, 6.07) is 11.2. The number of rotatable bonds is 8. The van der Waals surface area contributed by atoms with Gasteiger partial charge in [0.2, 0.25) is 0 Å². The Balaban J connectivity index is 1.61. The van der Waals surface area contributed by atoms with Crippen molar-refractivity contribution in [1.82, 2.24) is 15.6 Å². The summed E-state index contributed by atoms with van der Waals surface area (Å²) in [7, 11) is 3.16. The van der Waals surface area contributed by atoms with Gasteiger partial charge in [-0.1, -0.05) is 6.07 Å². The van der Waals surface area contributed by atoms with Crippen LogP contribution in [0.25, 0.3) is 11.3 Å². The number of carbonyl (C=O) groups is 1. The Morgan fingerprint density at radius 2 is 1.90 bits per heavy atom. The molecule has 0 saturated carbocycles. The van der Waals surface area contributed by atoms with Gasteiger partial charge in [-0.3, -0.25) is 9.89 Å². The van der Waals surface area contributed by atoms with E-state index in [-0.39, 0.29) is 12.5 Å². The minimum Gasteiger partial charge on any atom is -0.493 e. The first kappa shape index (κ1) is 20.9. The van der Waals surface area contributed by atoms with Crippen molar-refractivity contribution in [3.63, 3.8) is 0 Å². The number of carbonyl (C=O) groups excluding carboxylic acids is 1. The molecule has 1 aromatic heterocycles. The monoisotopic (exact) mass is 408 g/mol. The summed E-state index contributed by atoms with van der Waals surface area (Å²) in [5.41, 5.74) is 7.02. The van der Waals surface area contributed by atoms with Crippen LogP contribution in [0.2, 0.25) is 0 Å². The number of hydrogen-bond acceptors (Lipinski definition) is 6. The zero-order valence-corrected chi connectivity index (χ0v) is 17.4. The summed E-state index contributed by atoms with van der Waals surface area (Å²) < 4.78 is 16.1. The number of hydrogen-bond donors (Lipinski definition) is 2. The number of methoxy groups -OCH3 is 2. The molecule has 0 fully saturated rings. The van der Waals surface area contributed by atoms with Crippen molar-refractivity contribution >= 4 is 12.1 Å². The van der Waals surface area contributed by atoms with Crippen LogP contribution in [0.1, 0.15) is 16.7 Å². The van der Waals surface area contributed by atoms with E-state index in [1.807, 2.05) is 50.2 Å².